The zero-order valence-electron chi connectivity index (χ0n) is 15.8. The molecule has 1 aromatic heterocycles. The normalized spacial score (nSPS) is 20.6. The average Bonchev–Trinajstić information content (AvgIpc) is 3.20. The molecule has 6 heteroatoms. The van der Waals surface area contributed by atoms with Gasteiger partial charge in [-0.05, 0) is 74.5 Å². The summed E-state index contributed by atoms with van der Waals surface area (Å²) in [7, 11) is 0. The standard InChI is InChI=1S/C21H27N5O/c1-15-6-12-23-25-20(15)26-13-9-18(14-26)21(27)24-19-4-2-16(3-5-19)17-7-10-22-11-8-17/h2-6,12,17-18,22H,7-11,13-14H2,1H3,(H,24,27). The average molecular weight is 365 g/mol. The lowest BCUT2D eigenvalue weighted by Gasteiger charge is -2.23. The van der Waals surface area contributed by atoms with Gasteiger partial charge in [-0.2, -0.15) is 5.10 Å². The van der Waals surface area contributed by atoms with E-state index in [1.165, 1.54) is 18.4 Å². The van der Waals surface area contributed by atoms with Gasteiger partial charge in [-0.15, -0.1) is 5.10 Å². The van der Waals surface area contributed by atoms with Crippen LogP contribution in [0.3, 0.4) is 0 Å². The third-order valence-electron chi connectivity index (χ3n) is 5.74. The fourth-order valence-corrected chi connectivity index (χ4v) is 4.10. The molecule has 2 aliphatic rings. The van der Waals surface area contributed by atoms with Gasteiger partial charge in [-0.1, -0.05) is 12.1 Å². The molecule has 1 unspecified atom stereocenters. The van der Waals surface area contributed by atoms with Crippen molar-refractivity contribution in [3.63, 3.8) is 0 Å². The fraction of sp³-hybridized carbons (Fsp3) is 0.476. The van der Waals surface area contributed by atoms with Crippen LogP contribution < -0.4 is 15.5 Å². The van der Waals surface area contributed by atoms with Crippen LogP contribution in [0.2, 0.25) is 0 Å². The molecule has 6 nitrogen and oxygen atoms in total. The Bertz CT molecular complexity index is 785. The van der Waals surface area contributed by atoms with Crippen molar-refractivity contribution in [2.45, 2.75) is 32.1 Å². The number of carbonyl (C=O) groups excluding carboxylic acids is 1. The predicted octanol–water partition coefficient (Wildman–Crippen LogP) is 2.72. The molecule has 2 saturated heterocycles. The van der Waals surface area contributed by atoms with Crippen LogP contribution in [-0.2, 0) is 4.79 Å². The van der Waals surface area contributed by atoms with E-state index in [1.807, 2.05) is 25.1 Å². The van der Waals surface area contributed by atoms with Gasteiger partial charge < -0.3 is 15.5 Å². The minimum absolute atomic E-state index is 0.0181. The molecule has 2 aromatic rings. The summed E-state index contributed by atoms with van der Waals surface area (Å²) in [4.78, 5) is 14.8. The summed E-state index contributed by atoms with van der Waals surface area (Å²) >= 11 is 0. The van der Waals surface area contributed by atoms with Crippen molar-refractivity contribution in [3.8, 4) is 0 Å². The first kappa shape index (κ1) is 17.9. The summed E-state index contributed by atoms with van der Waals surface area (Å²) in [5.74, 6) is 1.60. The summed E-state index contributed by atoms with van der Waals surface area (Å²) in [5.41, 5.74) is 3.35. The quantitative estimate of drug-likeness (QED) is 0.872. The molecule has 1 amide bonds. The molecule has 0 bridgehead atoms. The van der Waals surface area contributed by atoms with Crippen molar-refractivity contribution in [2.75, 3.05) is 36.4 Å². The number of hydrogen-bond donors (Lipinski definition) is 2. The van der Waals surface area contributed by atoms with E-state index in [4.69, 9.17) is 0 Å². The number of hydrogen-bond acceptors (Lipinski definition) is 5. The van der Waals surface area contributed by atoms with Gasteiger partial charge >= 0.3 is 0 Å². The molecule has 2 N–H and O–H groups in total. The highest BCUT2D eigenvalue weighted by molar-refractivity contribution is 5.93. The molecule has 27 heavy (non-hydrogen) atoms. The van der Waals surface area contributed by atoms with Crippen LogP contribution in [0.5, 0.6) is 0 Å². The van der Waals surface area contributed by atoms with Crippen LogP contribution in [0, 0.1) is 12.8 Å². The van der Waals surface area contributed by atoms with Gasteiger partial charge in [-0.25, -0.2) is 0 Å². The third-order valence-corrected chi connectivity index (χ3v) is 5.74. The van der Waals surface area contributed by atoms with E-state index >= 15 is 0 Å². The van der Waals surface area contributed by atoms with E-state index < -0.39 is 0 Å². The molecular weight excluding hydrogens is 338 g/mol. The van der Waals surface area contributed by atoms with Crippen molar-refractivity contribution < 1.29 is 4.79 Å². The SMILES string of the molecule is Cc1ccnnc1N1CCC(C(=O)Nc2ccc(C3CCNCC3)cc2)C1. The second-order valence-electron chi connectivity index (χ2n) is 7.60. The summed E-state index contributed by atoms with van der Waals surface area (Å²) in [6.07, 6.45) is 4.92. The summed E-state index contributed by atoms with van der Waals surface area (Å²) in [6.45, 7) is 5.74. The first-order chi connectivity index (χ1) is 13.2. The lowest BCUT2D eigenvalue weighted by atomic mass is 9.90. The van der Waals surface area contributed by atoms with Crippen LogP contribution in [-0.4, -0.2) is 42.3 Å². The third kappa shape index (κ3) is 4.11. The molecule has 142 valence electrons. The van der Waals surface area contributed by atoms with Crippen molar-refractivity contribution in [1.82, 2.24) is 15.5 Å². The molecule has 2 fully saturated rings. The van der Waals surface area contributed by atoms with Crippen LogP contribution in [0.15, 0.2) is 36.5 Å². The molecule has 0 aliphatic carbocycles. The number of nitrogens with one attached hydrogen (secondary N) is 2. The summed E-state index contributed by atoms with van der Waals surface area (Å²) in [6, 6.07) is 10.4. The number of piperidine rings is 1. The molecule has 0 spiro atoms. The fourth-order valence-electron chi connectivity index (χ4n) is 4.10. The number of aromatic nitrogens is 2. The number of carbonyl (C=O) groups is 1. The Morgan fingerprint density at radius 3 is 2.67 bits per heavy atom. The Kier molecular flexibility index (Phi) is 5.34. The maximum atomic E-state index is 12.7. The van der Waals surface area contributed by atoms with Gasteiger partial charge in [0.25, 0.3) is 0 Å². The first-order valence-corrected chi connectivity index (χ1v) is 9.85. The molecule has 0 radical (unpaired) electrons. The van der Waals surface area contributed by atoms with Gasteiger partial charge in [0.1, 0.15) is 0 Å². The molecule has 0 saturated carbocycles. The Balaban J connectivity index is 1.35. The first-order valence-electron chi connectivity index (χ1n) is 9.85. The van der Waals surface area contributed by atoms with E-state index in [-0.39, 0.29) is 11.8 Å². The van der Waals surface area contributed by atoms with Crippen LogP contribution in [0.4, 0.5) is 11.5 Å². The van der Waals surface area contributed by atoms with Crippen LogP contribution in [0.1, 0.15) is 36.3 Å². The smallest absolute Gasteiger partial charge is 0.229 e. The summed E-state index contributed by atoms with van der Waals surface area (Å²) in [5, 5.41) is 14.7. The maximum Gasteiger partial charge on any atom is 0.229 e. The predicted molar refractivity (Wildman–Crippen MR) is 107 cm³/mol. The van der Waals surface area contributed by atoms with E-state index in [2.05, 4.69) is 37.9 Å². The zero-order valence-corrected chi connectivity index (χ0v) is 15.8. The Hall–Kier alpha value is -2.47. The Labute approximate surface area is 160 Å². The van der Waals surface area contributed by atoms with Gasteiger partial charge in [0.2, 0.25) is 5.91 Å². The summed E-state index contributed by atoms with van der Waals surface area (Å²) < 4.78 is 0. The van der Waals surface area contributed by atoms with Crippen LogP contribution in [0.25, 0.3) is 0 Å². The van der Waals surface area contributed by atoms with Crippen molar-refractivity contribution >= 4 is 17.4 Å². The Morgan fingerprint density at radius 2 is 1.93 bits per heavy atom. The lowest BCUT2D eigenvalue weighted by Crippen LogP contribution is -2.28. The second kappa shape index (κ2) is 8.05. The van der Waals surface area contributed by atoms with E-state index in [1.54, 1.807) is 6.20 Å². The van der Waals surface area contributed by atoms with E-state index in [0.717, 1.165) is 43.1 Å². The molecule has 1 aromatic carbocycles. The number of aryl methyl sites for hydroxylation is 1. The number of benzene rings is 1. The Morgan fingerprint density at radius 1 is 1.15 bits per heavy atom. The van der Waals surface area contributed by atoms with Gasteiger partial charge in [0, 0.05) is 18.8 Å². The number of anilines is 2. The topological polar surface area (TPSA) is 70.2 Å². The zero-order chi connectivity index (χ0) is 18.6. The van der Waals surface area contributed by atoms with Crippen molar-refractivity contribution in [3.05, 3.63) is 47.7 Å². The van der Waals surface area contributed by atoms with Gasteiger partial charge in [-0.3, -0.25) is 4.79 Å². The minimum Gasteiger partial charge on any atom is -0.354 e. The maximum absolute atomic E-state index is 12.7. The minimum atomic E-state index is -0.0181. The largest absolute Gasteiger partial charge is 0.354 e. The lowest BCUT2D eigenvalue weighted by molar-refractivity contribution is -0.119. The highest BCUT2D eigenvalue weighted by Crippen LogP contribution is 2.27. The number of amides is 1. The molecule has 4 rings (SSSR count). The highest BCUT2D eigenvalue weighted by atomic mass is 16.1. The van der Waals surface area contributed by atoms with E-state index in [9.17, 15) is 4.79 Å². The highest BCUT2D eigenvalue weighted by Gasteiger charge is 2.30. The molecule has 2 aliphatic heterocycles. The van der Waals surface area contributed by atoms with Gasteiger partial charge in [0.15, 0.2) is 5.82 Å². The molecular formula is C21H27N5O. The second-order valence-corrected chi connectivity index (χ2v) is 7.60. The van der Waals surface area contributed by atoms with Crippen molar-refractivity contribution in [2.24, 2.45) is 5.92 Å². The molecule has 1 atom stereocenters. The van der Waals surface area contributed by atoms with Crippen molar-refractivity contribution in [1.29, 1.82) is 0 Å². The van der Waals surface area contributed by atoms with Gasteiger partial charge in [0.05, 0.1) is 12.1 Å². The monoisotopic (exact) mass is 365 g/mol. The molecule has 3 heterocycles. The number of nitrogens with zero attached hydrogens (tertiary/aromatic N) is 3. The van der Waals surface area contributed by atoms with Crippen LogP contribution >= 0.6 is 0 Å². The van der Waals surface area contributed by atoms with E-state index in [0.29, 0.717) is 12.5 Å². The number of rotatable bonds is 4.